The number of sulfonamides is 1. The lowest BCUT2D eigenvalue weighted by Gasteiger charge is -2.05. The quantitative estimate of drug-likeness (QED) is 0.775. The molecule has 1 heterocycles. The highest BCUT2D eigenvalue weighted by Crippen LogP contribution is 2.11. The molecule has 1 aromatic heterocycles. The van der Waals surface area contributed by atoms with E-state index in [0.717, 1.165) is 0 Å². The zero-order chi connectivity index (χ0) is 12.2. The predicted molar refractivity (Wildman–Crippen MR) is 64.8 cm³/mol. The third kappa shape index (κ3) is 3.69. The lowest BCUT2D eigenvalue weighted by molar-refractivity contribution is 0.532. The van der Waals surface area contributed by atoms with Crippen molar-refractivity contribution in [2.75, 3.05) is 10.5 Å². The molecule has 16 heavy (non-hydrogen) atoms. The topological polar surface area (TPSA) is 64.0 Å². The minimum absolute atomic E-state index is 0.0450. The number of aromatic nitrogens is 2. The van der Waals surface area contributed by atoms with E-state index >= 15 is 0 Å². The number of hydrogen-bond acceptors (Lipinski definition) is 3. The highest BCUT2D eigenvalue weighted by molar-refractivity contribution is 7.92. The summed E-state index contributed by atoms with van der Waals surface area (Å²) in [6.07, 6.45) is 5.20. The number of nitrogens with zero attached hydrogens (tertiary/aromatic N) is 2. The van der Waals surface area contributed by atoms with E-state index in [1.807, 2.05) is 13.8 Å². The Morgan fingerprint density at radius 2 is 2.31 bits per heavy atom. The van der Waals surface area contributed by atoms with Crippen molar-refractivity contribution in [2.24, 2.45) is 0 Å². The molecule has 0 unspecified atom stereocenters. The van der Waals surface area contributed by atoms with Gasteiger partial charge in [0.2, 0.25) is 10.0 Å². The van der Waals surface area contributed by atoms with Gasteiger partial charge in [-0.15, -0.1) is 6.58 Å². The Kier molecular flexibility index (Phi) is 4.12. The van der Waals surface area contributed by atoms with Gasteiger partial charge in [-0.3, -0.25) is 9.40 Å². The second-order valence-electron chi connectivity index (χ2n) is 3.80. The molecule has 5 nitrogen and oxygen atoms in total. The van der Waals surface area contributed by atoms with Crippen LogP contribution in [0.3, 0.4) is 0 Å². The summed E-state index contributed by atoms with van der Waals surface area (Å²) in [5.41, 5.74) is 0.498. The van der Waals surface area contributed by atoms with E-state index < -0.39 is 10.0 Å². The van der Waals surface area contributed by atoms with E-state index in [-0.39, 0.29) is 11.8 Å². The van der Waals surface area contributed by atoms with Crippen molar-refractivity contribution < 1.29 is 8.42 Å². The Bertz CT molecular complexity index is 448. The van der Waals surface area contributed by atoms with E-state index in [4.69, 9.17) is 0 Å². The Hall–Kier alpha value is -1.30. The molecule has 0 amide bonds. The van der Waals surface area contributed by atoms with Crippen molar-refractivity contribution in [3.63, 3.8) is 0 Å². The second-order valence-corrected chi connectivity index (χ2v) is 5.64. The number of rotatable bonds is 6. The van der Waals surface area contributed by atoms with Gasteiger partial charge >= 0.3 is 0 Å². The molecule has 90 valence electrons. The molecule has 1 N–H and O–H groups in total. The maximum Gasteiger partial charge on any atom is 0.233 e. The van der Waals surface area contributed by atoms with Crippen LogP contribution < -0.4 is 4.72 Å². The average molecular weight is 243 g/mol. The maximum absolute atomic E-state index is 11.5. The molecule has 6 heteroatoms. The van der Waals surface area contributed by atoms with Crippen molar-refractivity contribution in [3.05, 3.63) is 25.0 Å². The summed E-state index contributed by atoms with van der Waals surface area (Å²) in [6, 6.07) is 0.214. The monoisotopic (exact) mass is 243 g/mol. The summed E-state index contributed by atoms with van der Waals surface area (Å²) in [7, 11) is -3.28. The lowest BCUT2D eigenvalue weighted by atomic mass is 10.4. The van der Waals surface area contributed by atoms with Crippen LogP contribution in [-0.4, -0.2) is 24.0 Å². The summed E-state index contributed by atoms with van der Waals surface area (Å²) in [5.74, 6) is 0.0450. The number of allylic oxidation sites excluding steroid dienone is 1. The highest BCUT2D eigenvalue weighted by atomic mass is 32.2. The van der Waals surface area contributed by atoms with Crippen molar-refractivity contribution >= 4 is 15.7 Å². The van der Waals surface area contributed by atoms with Crippen LogP contribution in [0.4, 0.5) is 5.69 Å². The van der Waals surface area contributed by atoms with Gasteiger partial charge < -0.3 is 0 Å². The molecule has 0 saturated carbocycles. The normalized spacial score (nSPS) is 11.7. The Morgan fingerprint density at radius 3 is 2.81 bits per heavy atom. The van der Waals surface area contributed by atoms with Gasteiger partial charge in [0.25, 0.3) is 0 Å². The number of hydrogen-bond donors (Lipinski definition) is 1. The second kappa shape index (κ2) is 5.16. The molecular formula is C10H17N3O2S. The standard InChI is InChI=1S/C10H17N3O2S/c1-4-5-6-16(14,15)12-10-7-11-13(8-10)9(2)3/h4,7-9,12H,1,5-6H2,2-3H3. The van der Waals surface area contributed by atoms with E-state index in [2.05, 4.69) is 16.4 Å². The van der Waals surface area contributed by atoms with E-state index in [1.165, 1.54) is 6.20 Å². The van der Waals surface area contributed by atoms with Gasteiger partial charge in [-0.1, -0.05) is 6.08 Å². The first-order chi connectivity index (χ1) is 7.44. The number of nitrogens with one attached hydrogen (secondary N) is 1. The van der Waals surface area contributed by atoms with Crippen molar-refractivity contribution in [1.82, 2.24) is 9.78 Å². The van der Waals surface area contributed by atoms with Crippen LogP contribution in [0.5, 0.6) is 0 Å². The minimum atomic E-state index is -3.28. The van der Waals surface area contributed by atoms with Crippen LogP contribution in [0.25, 0.3) is 0 Å². The van der Waals surface area contributed by atoms with Crippen LogP contribution in [0.15, 0.2) is 25.0 Å². The van der Waals surface area contributed by atoms with Gasteiger partial charge in [0.1, 0.15) is 0 Å². The Balaban J connectivity index is 2.69. The van der Waals surface area contributed by atoms with Crippen LogP contribution >= 0.6 is 0 Å². The Labute approximate surface area is 96.2 Å². The molecule has 0 radical (unpaired) electrons. The van der Waals surface area contributed by atoms with E-state index in [0.29, 0.717) is 12.1 Å². The third-order valence-corrected chi connectivity index (χ3v) is 3.31. The predicted octanol–water partition coefficient (Wildman–Crippen LogP) is 1.78. The first-order valence-corrected chi connectivity index (χ1v) is 6.75. The molecule has 0 saturated heterocycles. The zero-order valence-electron chi connectivity index (χ0n) is 9.55. The third-order valence-electron chi connectivity index (χ3n) is 1.99. The maximum atomic E-state index is 11.5. The largest absolute Gasteiger partial charge is 0.280 e. The lowest BCUT2D eigenvalue weighted by Crippen LogP contribution is -2.15. The van der Waals surface area contributed by atoms with Gasteiger partial charge in [-0.2, -0.15) is 5.10 Å². The van der Waals surface area contributed by atoms with Gasteiger partial charge in [0.15, 0.2) is 0 Å². The molecular weight excluding hydrogens is 226 g/mol. The fraction of sp³-hybridized carbons (Fsp3) is 0.500. The highest BCUT2D eigenvalue weighted by Gasteiger charge is 2.10. The molecule has 0 fully saturated rings. The van der Waals surface area contributed by atoms with Crippen LogP contribution in [0, 0.1) is 0 Å². The van der Waals surface area contributed by atoms with Gasteiger partial charge in [-0.25, -0.2) is 8.42 Å². The summed E-state index contributed by atoms with van der Waals surface area (Å²) < 4.78 is 27.3. The average Bonchev–Trinajstić information content (AvgIpc) is 2.62. The van der Waals surface area contributed by atoms with Gasteiger partial charge in [-0.05, 0) is 20.3 Å². The smallest absolute Gasteiger partial charge is 0.233 e. The van der Waals surface area contributed by atoms with Crippen LogP contribution in [0.1, 0.15) is 26.3 Å². The molecule has 0 bridgehead atoms. The molecule has 1 rings (SSSR count). The number of anilines is 1. The fourth-order valence-corrected chi connectivity index (χ4v) is 2.19. The molecule has 0 aromatic carbocycles. The molecule has 1 aromatic rings. The summed E-state index contributed by atoms with van der Waals surface area (Å²) in [6.45, 7) is 7.44. The first-order valence-electron chi connectivity index (χ1n) is 5.10. The van der Waals surface area contributed by atoms with Gasteiger partial charge in [0, 0.05) is 12.2 Å². The summed E-state index contributed by atoms with van der Waals surface area (Å²) in [4.78, 5) is 0. The summed E-state index contributed by atoms with van der Waals surface area (Å²) >= 11 is 0. The van der Waals surface area contributed by atoms with E-state index in [9.17, 15) is 8.42 Å². The van der Waals surface area contributed by atoms with Crippen molar-refractivity contribution in [3.8, 4) is 0 Å². The first kappa shape index (κ1) is 12.8. The van der Waals surface area contributed by atoms with Crippen molar-refractivity contribution in [2.45, 2.75) is 26.3 Å². The molecule has 0 aliphatic heterocycles. The fourth-order valence-electron chi connectivity index (χ4n) is 1.14. The molecule has 0 spiro atoms. The van der Waals surface area contributed by atoms with E-state index in [1.54, 1.807) is 17.0 Å². The zero-order valence-corrected chi connectivity index (χ0v) is 10.4. The molecule has 0 atom stereocenters. The van der Waals surface area contributed by atoms with Crippen molar-refractivity contribution in [1.29, 1.82) is 0 Å². The SMILES string of the molecule is C=CCCS(=O)(=O)Nc1cnn(C(C)C)c1. The van der Waals surface area contributed by atoms with Crippen LogP contribution in [-0.2, 0) is 10.0 Å². The molecule has 0 aliphatic carbocycles. The minimum Gasteiger partial charge on any atom is -0.280 e. The van der Waals surface area contributed by atoms with Crippen LogP contribution in [0.2, 0.25) is 0 Å². The molecule has 0 aliphatic rings. The van der Waals surface area contributed by atoms with Gasteiger partial charge in [0.05, 0.1) is 17.6 Å². The summed E-state index contributed by atoms with van der Waals surface area (Å²) in [5, 5.41) is 4.05. The Morgan fingerprint density at radius 1 is 1.62 bits per heavy atom.